The average Bonchev–Trinajstić information content (AvgIpc) is 2.01. The molecule has 0 fully saturated rings. The second kappa shape index (κ2) is 8.79. The van der Waals surface area contributed by atoms with Gasteiger partial charge in [0.15, 0.2) is 8.38 Å². The first kappa shape index (κ1) is 11.7. The Labute approximate surface area is 76.0 Å². The van der Waals surface area contributed by atoms with Crippen molar-refractivity contribution in [1.82, 2.24) is 0 Å². The number of hydrogen-bond donors (Lipinski definition) is 1. The Hall–Kier alpha value is 0.700. The summed E-state index contributed by atoms with van der Waals surface area (Å²) in [5.41, 5.74) is 0. The molecular formula is C7H17O2PS. The van der Waals surface area contributed by atoms with Gasteiger partial charge in [0.05, 0.1) is 13.2 Å². The first-order chi connectivity index (χ1) is 5.35. The highest BCUT2D eigenvalue weighted by Gasteiger charge is 2.06. The lowest BCUT2D eigenvalue weighted by Crippen LogP contribution is -1.95. The van der Waals surface area contributed by atoms with Crippen molar-refractivity contribution in [2.45, 2.75) is 20.3 Å². The van der Waals surface area contributed by atoms with Crippen LogP contribution >= 0.6 is 21.0 Å². The molecule has 0 saturated heterocycles. The Kier molecular flexibility index (Phi) is 9.35. The van der Waals surface area contributed by atoms with Crippen LogP contribution in [0.5, 0.6) is 0 Å². The molecular weight excluding hydrogens is 179 g/mol. The van der Waals surface area contributed by atoms with E-state index < -0.39 is 8.38 Å². The molecule has 0 radical (unpaired) electrons. The van der Waals surface area contributed by atoms with Crippen LogP contribution in [0.2, 0.25) is 0 Å². The number of hydrogen-bond acceptors (Lipinski definition) is 3. The van der Waals surface area contributed by atoms with E-state index in [1.807, 2.05) is 13.8 Å². The molecule has 68 valence electrons. The van der Waals surface area contributed by atoms with Gasteiger partial charge in [0.2, 0.25) is 0 Å². The van der Waals surface area contributed by atoms with Crippen LogP contribution in [0, 0.1) is 0 Å². The van der Waals surface area contributed by atoms with E-state index in [1.54, 1.807) is 0 Å². The maximum Gasteiger partial charge on any atom is 0.170 e. The van der Waals surface area contributed by atoms with Crippen LogP contribution in [-0.2, 0) is 9.05 Å². The van der Waals surface area contributed by atoms with Crippen LogP contribution in [0.25, 0.3) is 0 Å². The van der Waals surface area contributed by atoms with Gasteiger partial charge in [0, 0.05) is 6.16 Å². The molecule has 0 unspecified atom stereocenters. The molecule has 11 heavy (non-hydrogen) atoms. The van der Waals surface area contributed by atoms with Gasteiger partial charge in [-0.1, -0.05) is 0 Å². The molecule has 0 aliphatic carbocycles. The van der Waals surface area contributed by atoms with Crippen LogP contribution in [0.15, 0.2) is 0 Å². The molecule has 0 saturated carbocycles. The zero-order valence-electron chi connectivity index (χ0n) is 7.25. The Morgan fingerprint density at radius 1 is 1.18 bits per heavy atom. The highest BCUT2D eigenvalue weighted by molar-refractivity contribution is 7.80. The molecule has 0 atom stereocenters. The van der Waals surface area contributed by atoms with Gasteiger partial charge in [0.25, 0.3) is 0 Å². The standard InChI is InChI=1S/C7H17O2PS/c1-3-8-10(9-4-2)6-5-7-11/h11H,3-7H2,1-2H3. The van der Waals surface area contributed by atoms with Gasteiger partial charge in [0.1, 0.15) is 0 Å². The van der Waals surface area contributed by atoms with Crippen molar-refractivity contribution >= 4 is 21.0 Å². The van der Waals surface area contributed by atoms with Gasteiger partial charge < -0.3 is 9.05 Å². The molecule has 0 aromatic heterocycles. The molecule has 0 amide bonds. The molecule has 2 nitrogen and oxygen atoms in total. The molecule has 0 N–H and O–H groups in total. The van der Waals surface area contributed by atoms with Crippen LogP contribution in [0.1, 0.15) is 20.3 Å². The third kappa shape index (κ3) is 7.07. The van der Waals surface area contributed by atoms with Crippen LogP contribution in [-0.4, -0.2) is 25.1 Å². The lowest BCUT2D eigenvalue weighted by atomic mass is 10.6. The van der Waals surface area contributed by atoms with E-state index >= 15 is 0 Å². The van der Waals surface area contributed by atoms with Crippen molar-refractivity contribution in [3.63, 3.8) is 0 Å². The molecule has 0 aliphatic rings. The SMILES string of the molecule is CCOP(CCCS)OCC. The highest BCUT2D eigenvalue weighted by atomic mass is 32.1. The third-order valence-electron chi connectivity index (χ3n) is 1.04. The van der Waals surface area contributed by atoms with Crippen LogP contribution < -0.4 is 0 Å². The van der Waals surface area contributed by atoms with E-state index in [0.29, 0.717) is 0 Å². The monoisotopic (exact) mass is 196 g/mol. The van der Waals surface area contributed by atoms with Crippen molar-refractivity contribution in [3.05, 3.63) is 0 Å². The molecule has 0 spiro atoms. The van der Waals surface area contributed by atoms with Crippen molar-refractivity contribution in [1.29, 1.82) is 0 Å². The molecule has 0 aliphatic heterocycles. The van der Waals surface area contributed by atoms with E-state index in [1.165, 1.54) is 0 Å². The van der Waals surface area contributed by atoms with E-state index in [4.69, 9.17) is 9.05 Å². The van der Waals surface area contributed by atoms with Gasteiger partial charge in [-0.3, -0.25) is 0 Å². The fraction of sp³-hybridized carbons (Fsp3) is 1.00. The fourth-order valence-corrected chi connectivity index (χ4v) is 2.39. The van der Waals surface area contributed by atoms with Gasteiger partial charge >= 0.3 is 0 Å². The lowest BCUT2D eigenvalue weighted by molar-refractivity contribution is 0.269. The van der Waals surface area contributed by atoms with Crippen molar-refractivity contribution in [2.75, 3.05) is 25.1 Å². The predicted octanol–water partition coefficient (Wildman–Crippen LogP) is 2.69. The second-order valence-electron chi connectivity index (χ2n) is 1.97. The number of thiol groups is 1. The maximum atomic E-state index is 5.39. The van der Waals surface area contributed by atoms with Gasteiger partial charge in [-0.05, 0) is 26.0 Å². The normalized spacial score (nSPS) is 10.9. The molecule has 0 heterocycles. The minimum Gasteiger partial charge on any atom is -0.334 e. The Balaban J connectivity index is 3.34. The van der Waals surface area contributed by atoms with Crippen molar-refractivity contribution < 1.29 is 9.05 Å². The summed E-state index contributed by atoms with van der Waals surface area (Å²) in [6.07, 6.45) is 2.09. The zero-order valence-corrected chi connectivity index (χ0v) is 9.04. The molecule has 4 heteroatoms. The molecule has 0 bridgehead atoms. The predicted molar refractivity (Wildman–Crippen MR) is 53.5 cm³/mol. The summed E-state index contributed by atoms with van der Waals surface area (Å²) in [6.45, 7) is 5.49. The summed E-state index contributed by atoms with van der Waals surface area (Å²) in [7, 11) is -0.616. The average molecular weight is 196 g/mol. The first-order valence-electron chi connectivity index (χ1n) is 3.99. The second-order valence-corrected chi connectivity index (χ2v) is 4.05. The van der Waals surface area contributed by atoms with Crippen molar-refractivity contribution in [2.24, 2.45) is 0 Å². The Morgan fingerprint density at radius 3 is 2.09 bits per heavy atom. The summed E-state index contributed by atoms with van der Waals surface area (Å²) >= 11 is 4.13. The maximum absolute atomic E-state index is 5.39. The largest absolute Gasteiger partial charge is 0.334 e. The summed E-state index contributed by atoms with van der Waals surface area (Å²) < 4.78 is 10.8. The Morgan fingerprint density at radius 2 is 1.73 bits per heavy atom. The first-order valence-corrected chi connectivity index (χ1v) is 5.98. The minimum atomic E-state index is -0.616. The van der Waals surface area contributed by atoms with Gasteiger partial charge in [-0.25, -0.2) is 0 Å². The fourth-order valence-electron chi connectivity index (χ4n) is 0.654. The molecule has 0 rings (SSSR count). The molecule has 0 aromatic rings. The van der Waals surface area contributed by atoms with Crippen LogP contribution in [0.4, 0.5) is 0 Å². The molecule has 0 aromatic carbocycles. The summed E-state index contributed by atoms with van der Waals surface area (Å²) in [5.74, 6) is 0.916. The summed E-state index contributed by atoms with van der Waals surface area (Å²) in [5, 5.41) is 0. The van der Waals surface area contributed by atoms with E-state index in [0.717, 1.165) is 31.5 Å². The highest BCUT2D eigenvalue weighted by Crippen LogP contribution is 2.38. The zero-order chi connectivity index (χ0) is 8.53. The quantitative estimate of drug-likeness (QED) is 0.498. The summed E-state index contributed by atoms with van der Waals surface area (Å²) in [6, 6.07) is 0. The van der Waals surface area contributed by atoms with Gasteiger partial charge in [-0.15, -0.1) is 0 Å². The summed E-state index contributed by atoms with van der Waals surface area (Å²) in [4.78, 5) is 0. The minimum absolute atomic E-state index is 0.616. The number of rotatable bonds is 7. The van der Waals surface area contributed by atoms with Gasteiger partial charge in [-0.2, -0.15) is 12.6 Å². The Bertz CT molecular complexity index is 76.8. The van der Waals surface area contributed by atoms with E-state index in [-0.39, 0.29) is 0 Å². The van der Waals surface area contributed by atoms with E-state index in [2.05, 4.69) is 12.6 Å². The third-order valence-corrected chi connectivity index (χ3v) is 3.13. The van der Waals surface area contributed by atoms with Crippen LogP contribution in [0.3, 0.4) is 0 Å². The van der Waals surface area contributed by atoms with E-state index in [9.17, 15) is 0 Å². The van der Waals surface area contributed by atoms with Crippen molar-refractivity contribution in [3.8, 4) is 0 Å². The smallest absolute Gasteiger partial charge is 0.170 e. The topological polar surface area (TPSA) is 18.5 Å². The lowest BCUT2D eigenvalue weighted by Gasteiger charge is -2.14.